The lowest BCUT2D eigenvalue weighted by atomic mass is 10.0. The Morgan fingerprint density at radius 3 is 2.94 bits per heavy atom. The number of fused-ring (bicyclic) bond motifs is 1. The zero-order valence-electron chi connectivity index (χ0n) is 10.7. The fourth-order valence-corrected chi connectivity index (χ4v) is 2.20. The zero-order valence-corrected chi connectivity index (χ0v) is 10.7. The smallest absolute Gasteiger partial charge is 0.305 e. The predicted molar refractivity (Wildman–Crippen MR) is 71.3 cm³/mol. The highest BCUT2D eigenvalue weighted by Gasteiger charge is 2.15. The van der Waals surface area contributed by atoms with E-state index in [0.29, 0.717) is 6.42 Å². The van der Waals surface area contributed by atoms with Crippen LogP contribution >= 0.6 is 0 Å². The van der Waals surface area contributed by atoms with E-state index in [-0.39, 0.29) is 12.0 Å². The maximum atomic E-state index is 11.2. The van der Waals surface area contributed by atoms with Crippen molar-refractivity contribution in [3.05, 3.63) is 36.0 Å². The number of H-pyrrole nitrogens is 1. The van der Waals surface area contributed by atoms with Gasteiger partial charge in [0.15, 0.2) is 0 Å². The summed E-state index contributed by atoms with van der Waals surface area (Å²) >= 11 is 0. The Hall–Kier alpha value is -1.81. The number of aromatic amines is 1. The van der Waals surface area contributed by atoms with Crippen molar-refractivity contribution in [2.24, 2.45) is 0 Å². The molecule has 4 nitrogen and oxygen atoms in total. The Bertz CT molecular complexity index is 533. The molecule has 0 aliphatic rings. The van der Waals surface area contributed by atoms with E-state index in [1.54, 1.807) is 0 Å². The first-order valence-corrected chi connectivity index (χ1v) is 6.06. The van der Waals surface area contributed by atoms with Gasteiger partial charge >= 0.3 is 5.97 Å². The number of hydrogen-bond acceptors (Lipinski definition) is 3. The van der Waals surface area contributed by atoms with Crippen LogP contribution in [0.15, 0.2) is 30.5 Å². The van der Waals surface area contributed by atoms with Crippen LogP contribution < -0.4 is 5.32 Å². The van der Waals surface area contributed by atoms with Gasteiger partial charge in [-0.1, -0.05) is 18.2 Å². The summed E-state index contributed by atoms with van der Waals surface area (Å²) in [6.07, 6.45) is 3.15. The van der Waals surface area contributed by atoms with E-state index in [9.17, 15) is 4.79 Å². The van der Waals surface area contributed by atoms with Crippen molar-refractivity contribution in [1.82, 2.24) is 10.3 Å². The number of esters is 1. The molecule has 0 fully saturated rings. The fraction of sp³-hybridized carbons (Fsp3) is 0.357. The second-order valence-electron chi connectivity index (χ2n) is 4.25. The fourth-order valence-electron chi connectivity index (χ4n) is 2.20. The molecule has 1 heterocycles. The maximum absolute atomic E-state index is 11.2. The lowest BCUT2D eigenvalue weighted by Crippen LogP contribution is -2.17. The molecule has 0 radical (unpaired) electrons. The molecule has 0 bridgehead atoms. The van der Waals surface area contributed by atoms with Gasteiger partial charge < -0.3 is 15.0 Å². The molecule has 2 rings (SSSR count). The SMILES string of the molecule is CNC(CCC(=O)OC)c1c[nH]c2ccccc12. The van der Waals surface area contributed by atoms with Gasteiger partial charge in [0, 0.05) is 29.6 Å². The maximum Gasteiger partial charge on any atom is 0.305 e. The van der Waals surface area contributed by atoms with E-state index in [1.165, 1.54) is 18.1 Å². The molecular formula is C14H18N2O2. The number of hydrogen-bond donors (Lipinski definition) is 2. The third kappa shape index (κ3) is 2.54. The van der Waals surface area contributed by atoms with Crippen molar-refractivity contribution in [2.45, 2.75) is 18.9 Å². The van der Waals surface area contributed by atoms with Gasteiger partial charge in [-0.25, -0.2) is 0 Å². The van der Waals surface area contributed by atoms with Crippen LogP contribution in [0.4, 0.5) is 0 Å². The number of carbonyl (C=O) groups is 1. The first-order chi connectivity index (χ1) is 8.76. The molecule has 2 N–H and O–H groups in total. The minimum Gasteiger partial charge on any atom is -0.469 e. The number of benzene rings is 1. The van der Waals surface area contributed by atoms with Crippen LogP contribution in [0.5, 0.6) is 0 Å². The standard InChI is InChI=1S/C14H18N2O2/c1-15-12(7-8-14(17)18-2)11-9-16-13-6-4-3-5-10(11)13/h3-6,9,12,15-16H,7-8H2,1-2H3. The number of ether oxygens (including phenoxy) is 1. The Morgan fingerprint density at radius 1 is 1.44 bits per heavy atom. The third-order valence-corrected chi connectivity index (χ3v) is 3.21. The molecule has 96 valence electrons. The summed E-state index contributed by atoms with van der Waals surface area (Å²) in [6, 6.07) is 8.31. The van der Waals surface area contributed by atoms with Crippen LogP contribution in [0.1, 0.15) is 24.4 Å². The molecule has 1 aromatic carbocycles. The van der Waals surface area contributed by atoms with Crippen molar-refractivity contribution >= 4 is 16.9 Å². The van der Waals surface area contributed by atoms with Gasteiger partial charge in [0.2, 0.25) is 0 Å². The van der Waals surface area contributed by atoms with Crippen molar-refractivity contribution in [1.29, 1.82) is 0 Å². The molecule has 0 aliphatic heterocycles. The lowest BCUT2D eigenvalue weighted by Gasteiger charge is -2.14. The summed E-state index contributed by atoms with van der Waals surface area (Å²) < 4.78 is 4.68. The van der Waals surface area contributed by atoms with Crippen LogP contribution in [0, 0.1) is 0 Å². The molecule has 1 aromatic heterocycles. The van der Waals surface area contributed by atoms with Crippen molar-refractivity contribution < 1.29 is 9.53 Å². The highest BCUT2D eigenvalue weighted by atomic mass is 16.5. The summed E-state index contributed by atoms with van der Waals surface area (Å²) in [4.78, 5) is 14.5. The highest BCUT2D eigenvalue weighted by molar-refractivity contribution is 5.83. The normalized spacial score (nSPS) is 12.6. The number of carbonyl (C=O) groups excluding carboxylic acids is 1. The molecule has 2 aromatic rings. The van der Waals surface area contributed by atoms with Gasteiger partial charge in [0.1, 0.15) is 0 Å². The third-order valence-electron chi connectivity index (χ3n) is 3.21. The molecule has 0 saturated heterocycles. The van der Waals surface area contributed by atoms with Gasteiger partial charge in [0.05, 0.1) is 7.11 Å². The number of aromatic nitrogens is 1. The summed E-state index contributed by atoms with van der Waals surface area (Å²) in [6.45, 7) is 0. The lowest BCUT2D eigenvalue weighted by molar-refractivity contribution is -0.140. The predicted octanol–water partition coefficient (Wildman–Crippen LogP) is 2.38. The number of rotatable bonds is 5. The molecule has 1 atom stereocenters. The van der Waals surface area contributed by atoms with Crippen LogP contribution in [-0.4, -0.2) is 25.1 Å². The van der Waals surface area contributed by atoms with Crippen LogP contribution in [0.25, 0.3) is 10.9 Å². The molecule has 1 unspecified atom stereocenters. The van der Waals surface area contributed by atoms with Crippen molar-refractivity contribution in [3.63, 3.8) is 0 Å². The summed E-state index contributed by atoms with van der Waals surface area (Å²) in [5.41, 5.74) is 2.31. The minimum absolute atomic E-state index is 0.153. The van der Waals surface area contributed by atoms with Crippen molar-refractivity contribution in [2.75, 3.05) is 14.2 Å². The van der Waals surface area contributed by atoms with Gasteiger partial charge in [0.25, 0.3) is 0 Å². The molecular weight excluding hydrogens is 228 g/mol. The summed E-state index contributed by atoms with van der Waals surface area (Å²) in [5.74, 6) is -0.171. The number of methoxy groups -OCH3 is 1. The Kier molecular flexibility index (Phi) is 3.99. The van der Waals surface area contributed by atoms with E-state index >= 15 is 0 Å². The highest BCUT2D eigenvalue weighted by Crippen LogP contribution is 2.26. The van der Waals surface area contributed by atoms with E-state index in [0.717, 1.165) is 11.9 Å². The first-order valence-electron chi connectivity index (χ1n) is 6.06. The van der Waals surface area contributed by atoms with Crippen LogP contribution in [0.2, 0.25) is 0 Å². The van der Waals surface area contributed by atoms with Gasteiger partial charge in [-0.3, -0.25) is 4.79 Å². The van der Waals surface area contributed by atoms with Gasteiger partial charge in [-0.15, -0.1) is 0 Å². The Balaban J connectivity index is 2.19. The molecule has 4 heteroatoms. The number of para-hydroxylation sites is 1. The van der Waals surface area contributed by atoms with Crippen LogP contribution in [0.3, 0.4) is 0 Å². The second-order valence-corrected chi connectivity index (χ2v) is 4.25. The van der Waals surface area contributed by atoms with Gasteiger partial charge in [-0.05, 0) is 25.1 Å². The first kappa shape index (κ1) is 12.6. The monoisotopic (exact) mass is 246 g/mol. The van der Waals surface area contributed by atoms with Gasteiger partial charge in [-0.2, -0.15) is 0 Å². The Labute approximate surface area is 106 Å². The molecule has 0 amide bonds. The van der Waals surface area contributed by atoms with Crippen LogP contribution in [-0.2, 0) is 9.53 Å². The zero-order chi connectivity index (χ0) is 13.0. The van der Waals surface area contributed by atoms with E-state index < -0.39 is 0 Å². The average molecular weight is 246 g/mol. The molecule has 0 aliphatic carbocycles. The van der Waals surface area contributed by atoms with E-state index in [4.69, 9.17) is 0 Å². The summed E-state index contributed by atoms with van der Waals surface area (Å²) in [5, 5.41) is 4.44. The minimum atomic E-state index is -0.171. The Morgan fingerprint density at radius 2 is 2.22 bits per heavy atom. The molecule has 0 spiro atoms. The quantitative estimate of drug-likeness (QED) is 0.796. The number of nitrogens with one attached hydrogen (secondary N) is 2. The molecule has 0 saturated carbocycles. The van der Waals surface area contributed by atoms with Crippen molar-refractivity contribution in [3.8, 4) is 0 Å². The second kappa shape index (κ2) is 5.69. The largest absolute Gasteiger partial charge is 0.469 e. The molecule has 18 heavy (non-hydrogen) atoms. The topological polar surface area (TPSA) is 54.1 Å². The average Bonchev–Trinajstić information content (AvgIpc) is 2.83. The summed E-state index contributed by atoms with van der Waals surface area (Å²) in [7, 11) is 3.33. The van der Waals surface area contributed by atoms with E-state index in [1.807, 2.05) is 31.4 Å². The van der Waals surface area contributed by atoms with E-state index in [2.05, 4.69) is 21.1 Å².